The first-order valence-electron chi connectivity index (χ1n) is 9.32. The highest BCUT2D eigenvalue weighted by molar-refractivity contribution is 5.77. The molecule has 2 rings (SSSR count). The fourth-order valence-electron chi connectivity index (χ4n) is 2.83. The average Bonchev–Trinajstić information content (AvgIpc) is 2.70. The number of ether oxygens (including phenoxy) is 2. The molecule has 1 unspecified atom stereocenters. The molecule has 0 aliphatic heterocycles. The summed E-state index contributed by atoms with van der Waals surface area (Å²) in [5, 5.41) is 11.7. The Kier molecular flexibility index (Phi) is 8.34. The van der Waals surface area contributed by atoms with Crippen LogP contribution in [0.4, 0.5) is 0 Å². The van der Waals surface area contributed by atoms with Gasteiger partial charge in [0.15, 0.2) is 6.61 Å². The van der Waals surface area contributed by atoms with Gasteiger partial charge in [-0.2, -0.15) is 0 Å². The molecule has 0 spiro atoms. The third-order valence-corrected chi connectivity index (χ3v) is 4.35. The molecule has 0 radical (unpaired) electrons. The minimum absolute atomic E-state index is 0.0276. The summed E-state index contributed by atoms with van der Waals surface area (Å²) in [6.45, 7) is 1.88. The summed E-state index contributed by atoms with van der Waals surface area (Å²) in [7, 11) is 1.52. The van der Waals surface area contributed by atoms with E-state index in [1.807, 2.05) is 25.1 Å². The predicted molar refractivity (Wildman–Crippen MR) is 107 cm³/mol. The topological polar surface area (TPSA) is 84.9 Å². The highest BCUT2D eigenvalue weighted by atomic mass is 16.5. The van der Waals surface area contributed by atoms with Crippen molar-refractivity contribution in [1.29, 1.82) is 0 Å². The van der Waals surface area contributed by atoms with Crippen LogP contribution in [0, 0.1) is 0 Å². The number of nitrogens with one attached hydrogen (secondary N) is 1. The molecule has 0 fully saturated rings. The van der Waals surface area contributed by atoms with Crippen LogP contribution < -0.4 is 14.8 Å². The Morgan fingerprint density at radius 2 is 1.86 bits per heavy atom. The third-order valence-electron chi connectivity index (χ3n) is 4.35. The lowest BCUT2D eigenvalue weighted by atomic mass is 10.1. The van der Waals surface area contributed by atoms with Crippen LogP contribution >= 0.6 is 0 Å². The zero-order valence-corrected chi connectivity index (χ0v) is 16.3. The first kappa shape index (κ1) is 21.3. The van der Waals surface area contributed by atoms with E-state index in [1.165, 1.54) is 12.7 Å². The van der Waals surface area contributed by atoms with Crippen molar-refractivity contribution < 1.29 is 24.2 Å². The van der Waals surface area contributed by atoms with Crippen LogP contribution in [0.3, 0.4) is 0 Å². The van der Waals surface area contributed by atoms with E-state index in [1.54, 1.807) is 18.2 Å². The van der Waals surface area contributed by atoms with E-state index >= 15 is 0 Å². The number of carboxylic acid groups (broad SMARTS) is 1. The summed E-state index contributed by atoms with van der Waals surface area (Å²) in [6, 6.07) is 15.3. The maximum Gasteiger partial charge on any atom is 0.303 e. The van der Waals surface area contributed by atoms with Gasteiger partial charge in [0.2, 0.25) is 0 Å². The molecule has 150 valence electrons. The van der Waals surface area contributed by atoms with E-state index in [2.05, 4.69) is 17.4 Å². The van der Waals surface area contributed by atoms with Gasteiger partial charge in [-0.05, 0) is 43.4 Å². The molecule has 0 saturated heterocycles. The molecular formula is C22H27NO5. The normalized spacial score (nSPS) is 11.5. The van der Waals surface area contributed by atoms with Gasteiger partial charge in [0.1, 0.15) is 11.5 Å². The van der Waals surface area contributed by atoms with Gasteiger partial charge in [-0.25, -0.2) is 0 Å². The summed E-state index contributed by atoms with van der Waals surface area (Å²) in [5.74, 6) is 0.00770. The summed E-state index contributed by atoms with van der Waals surface area (Å²) in [5.41, 5.74) is 2.03. The highest BCUT2D eigenvalue weighted by Crippen LogP contribution is 2.25. The number of hydrogen-bond donors (Lipinski definition) is 2. The van der Waals surface area contributed by atoms with Crippen LogP contribution in [-0.4, -0.2) is 36.7 Å². The number of aliphatic carboxylic acids is 1. The van der Waals surface area contributed by atoms with Gasteiger partial charge in [-0.15, -0.1) is 0 Å². The average molecular weight is 385 g/mol. The Labute approximate surface area is 165 Å². The second kappa shape index (κ2) is 11.0. The molecular weight excluding hydrogens is 358 g/mol. The predicted octanol–water partition coefficient (Wildman–Crippen LogP) is 3.23. The number of aryl methyl sites for hydroxylation is 2. The maximum absolute atomic E-state index is 12.1. The lowest BCUT2D eigenvalue weighted by Crippen LogP contribution is -2.36. The molecule has 0 aliphatic carbocycles. The van der Waals surface area contributed by atoms with Crippen molar-refractivity contribution in [2.75, 3.05) is 13.7 Å². The molecule has 6 heteroatoms. The molecule has 1 amide bonds. The van der Waals surface area contributed by atoms with Crippen molar-refractivity contribution in [3.63, 3.8) is 0 Å². The maximum atomic E-state index is 12.1. The lowest BCUT2D eigenvalue weighted by molar-refractivity contribution is -0.137. The van der Waals surface area contributed by atoms with E-state index in [0.717, 1.165) is 18.4 Å². The highest BCUT2D eigenvalue weighted by Gasteiger charge is 2.11. The van der Waals surface area contributed by atoms with Crippen LogP contribution in [0.5, 0.6) is 11.5 Å². The molecule has 2 aromatic rings. The van der Waals surface area contributed by atoms with Gasteiger partial charge in [0, 0.05) is 18.5 Å². The Morgan fingerprint density at radius 1 is 1.11 bits per heavy atom. The van der Waals surface area contributed by atoms with Crippen molar-refractivity contribution in [2.24, 2.45) is 0 Å². The van der Waals surface area contributed by atoms with Gasteiger partial charge >= 0.3 is 5.97 Å². The van der Waals surface area contributed by atoms with Crippen molar-refractivity contribution in [3.8, 4) is 11.5 Å². The molecule has 1 atom stereocenters. The molecule has 0 bridgehead atoms. The summed E-state index contributed by atoms with van der Waals surface area (Å²) in [4.78, 5) is 22.8. The van der Waals surface area contributed by atoms with E-state index in [9.17, 15) is 9.59 Å². The molecule has 28 heavy (non-hydrogen) atoms. The number of benzene rings is 2. The molecule has 6 nitrogen and oxygen atoms in total. The minimum Gasteiger partial charge on any atom is -0.496 e. The van der Waals surface area contributed by atoms with Crippen LogP contribution in [0.15, 0.2) is 48.5 Å². The SMILES string of the molecule is COc1cc(OCC(=O)NC(C)CCc2ccccc2)ccc1CCC(=O)O. The fraction of sp³-hybridized carbons (Fsp3) is 0.364. The van der Waals surface area contributed by atoms with Crippen molar-refractivity contribution in [2.45, 2.75) is 38.6 Å². The number of amides is 1. The molecule has 0 heterocycles. The van der Waals surface area contributed by atoms with Crippen LogP contribution in [0.25, 0.3) is 0 Å². The number of methoxy groups -OCH3 is 1. The third kappa shape index (κ3) is 7.31. The largest absolute Gasteiger partial charge is 0.496 e. The van der Waals surface area contributed by atoms with Crippen LogP contribution in [0.2, 0.25) is 0 Å². The molecule has 2 N–H and O–H groups in total. The summed E-state index contributed by atoms with van der Waals surface area (Å²) in [6.07, 6.45) is 2.15. The van der Waals surface area contributed by atoms with Crippen molar-refractivity contribution in [1.82, 2.24) is 5.32 Å². The quantitative estimate of drug-likeness (QED) is 0.620. The fourth-order valence-corrected chi connectivity index (χ4v) is 2.83. The number of rotatable bonds is 11. The van der Waals surface area contributed by atoms with E-state index in [0.29, 0.717) is 17.9 Å². The second-order valence-electron chi connectivity index (χ2n) is 6.65. The van der Waals surface area contributed by atoms with Gasteiger partial charge in [0.25, 0.3) is 5.91 Å². The zero-order chi connectivity index (χ0) is 20.4. The summed E-state index contributed by atoms with van der Waals surface area (Å²) >= 11 is 0. The van der Waals surface area contributed by atoms with Gasteiger partial charge in [0.05, 0.1) is 7.11 Å². The Bertz CT molecular complexity index is 776. The van der Waals surface area contributed by atoms with E-state index in [4.69, 9.17) is 14.6 Å². The zero-order valence-electron chi connectivity index (χ0n) is 16.3. The molecule has 0 saturated carbocycles. The Morgan fingerprint density at radius 3 is 2.54 bits per heavy atom. The van der Waals surface area contributed by atoms with E-state index < -0.39 is 5.97 Å². The van der Waals surface area contributed by atoms with Crippen molar-refractivity contribution >= 4 is 11.9 Å². The van der Waals surface area contributed by atoms with Gasteiger partial charge in [-0.1, -0.05) is 36.4 Å². The van der Waals surface area contributed by atoms with E-state index in [-0.39, 0.29) is 25.0 Å². The van der Waals surface area contributed by atoms with Crippen LogP contribution in [0.1, 0.15) is 30.9 Å². The number of carboxylic acids is 1. The second-order valence-corrected chi connectivity index (χ2v) is 6.65. The Balaban J connectivity index is 1.79. The first-order chi connectivity index (χ1) is 13.5. The van der Waals surface area contributed by atoms with Crippen LogP contribution in [-0.2, 0) is 22.4 Å². The summed E-state index contributed by atoms with van der Waals surface area (Å²) < 4.78 is 10.8. The molecule has 2 aromatic carbocycles. The molecule has 0 aromatic heterocycles. The number of carbonyl (C=O) groups is 2. The smallest absolute Gasteiger partial charge is 0.303 e. The lowest BCUT2D eigenvalue weighted by Gasteiger charge is -2.15. The number of hydrogen-bond acceptors (Lipinski definition) is 4. The van der Waals surface area contributed by atoms with Gasteiger partial charge < -0.3 is 19.9 Å². The standard InChI is InChI=1S/C22H27NO5/c1-16(8-9-17-6-4-3-5-7-17)23-21(24)15-28-19-12-10-18(11-13-22(25)26)20(14-19)27-2/h3-7,10,12,14,16H,8-9,11,13,15H2,1-2H3,(H,23,24)(H,25,26). The van der Waals surface area contributed by atoms with Gasteiger partial charge in [-0.3, -0.25) is 9.59 Å². The number of carbonyl (C=O) groups excluding carboxylic acids is 1. The minimum atomic E-state index is -0.861. The monoisotopic (exact) mass is 385 g/mol. The molecule has 0 aliphatic rings. The first-order valence-corrected chi connectivity index (χ1v) is 9.32. The Hall–Kier alpha value is -3.02. The van der Waals surface area contributed by atoms with Crippen molar-refractivity contribution in [3.05, 3.63) is 59.7 Å².